The largest absolute Gasteiger partial charge is 0.369 e. The van der Waals surface area contributed by atoms with Crippen LogP contribution in [0, 0.1) is 0 Å². The molecule has 0 bridgehead atoms. The maximum Gasteiger partial charge on any atom is 0.161 e. The molecule has 5 heteroatoms. The van der Waals surface area contributed by atoms with Gasteiger partial charge < -0.3 is 4.90 Å². The number of carbonyl (C=O) groups excluding carboxylic acids is 1. The highest BCUT2D eigenvalue weighted by Gasteiger charge is 2.19. The van der Waals surface area contributed by atoms with E-state index >= 15 is 0 Å². The van der Waals surface area contributed by atoms with Gasteiger partial charge in [-0.05, 0) is 25.1 Å². The van der Waals surface area contributed by atoms with Crippen molar-refractivity contribution >= 4 is 38.2 Å². The maximum absolute atomic E-state index is 11.6. The van der Waals surface area contributed by atoms with Crippen molar-refractivity contribution in [3.05, 3.63) is 28.2 Å². The Morgan fingerprint density at radius 2 is 2.00 bits per heavy atom. The number of anilines is 1. The highest BCUT2D eigenvalue weighted by Crippen LogP contribution is 2.26. The molecule has 2 rings (SSSR count). The third-order valence-corrected chi connectivity index (χ3v) is 4.63. The Morgan fingerprint density at radius 1 is 1.35 bits per heavy atom. The van der Waals surface area contributed by atoms with Crippen LogP contribution >= 0.6 is 15.9 Å². The lowest BCUT2D eigenvalue weighted by Crippen LogP contribution is -2.38. The van der Waals surface area contributed by atoms with Gasteiger partial charge in [0.15, 0.2) is 5.78 Å². The molecule has 0 unspecified atom stereocenters. The van der Waals surface area contributed by atoms with Crippen LogP contribution in [0.25, 0.3) is 0 Å². The summed E-state index contributed by atoms with van der Waals surface area (Å²) in [5.74, 6) is 1.44. The fraction of sp³-hybridized carbons (Fsp3) is 0.417. The highest BCUT2D eigenvalue weighted by molar-refractivity contribution is 9.10. The number of hydrogen-bond acceptors (Lipinski definition) is 3. The number of halogens is 1. The van der Waals surface area contributed by atoms with Gasteiger partial charge in [-0.1, -0.05) is 15.9 Å². The number of carbonyl (C=O) groups is 1. The van der Waals surface area contributed by atoms with E-state index in [1.807, 2.05) is 18.2 Å². The first-order chi connectivity index (χ1) is 8.08. The molecule has 1 aliphatic heterocycles. The molecule has 1 aromatic rings. The number of rotatable bonds is 2. The molecule has 0 atom stereocenters. The van der Waals surface area contributed by atoms with Crippen molar-refractivity contribution in [2.24, 2.45) is 0 Å². The van der Waals surface area contributed by atoms with Crippen molar-refractivity contribution in [2.75, 3.05) is 29.5 Å². The van der Waals surface area contributed by atoms with Gasteiger partial charge in [0.25, 0.3) is 0 Å². The van der Waals surface area contributed by atoms with Crippen LogP contribution in [0.1, 0.15) is 17.3 Å². The third kappa shape index (κ3) is 2.96. The summed E-state index contributed by atoms with van der Waals surface area (Å²) in [6.07, 6.45) is 0. The Hall–Kier alpha value is -0.680. The molecular formula is C12H14BrNO2S. The first kappa shape index (κ1) is 12.8. The second-order valence-corrected chi connectivity index (χ2v) is 6.66. The summed E-state index contributed by atoms with van der Waals surface area (Å²) in [6, 6.07) is 5.74. The van der Waals surface area contributed by atoms with Gasteiger partial charge in [0.05, 0.1) is 0 Å². The standard InChI is InChI=1S/C12H14BrNO2S/c1-9(15)11-8-10(13)2-3-12(11)14-4-6-17(16)7-5-14/h2-3,8H,4-7H2,1H3. The normalized spacial score (nSPS) is 17.2. The molecule has 0 spiro atoms. The fourth-order valence-electron chi connectivity index (χ4n) is 1.94. The van der Waals surface area contributed by atoms with E-state index in [4.69, 9.17) is 0 Å². The van der Waals surface area contributed by atoms with Gasteiger partial charge in [-0.3, -0.25) is 9.00 Å². The lowest BCUT2D eigenvalue weighted by atomic mass is 10.1. The minimum atomic E-state index is -0.692. The monoisotopic (exact) mass is 315 g/mol. The number of benzene rings is 1. The zero-order valence-corrected chi connectivity index (χ0v) is 12.0. The Labute approximate surface area is 112 Å². The van der Waals surface area contributed by atoms with Crippen molar-refractivity contribution < 1.29 is 9.00 Å². The Bertz CT molecular complexity index is 466. The van der Waals surface area contributed by atoms with Crippen molar-refractivity contribution in [3.8, 4) is 0 Å². The molecule has 1 heterocycles. The van der Waals surface area contributed by atoms with E-state index in [1.54, 1.807) is 6.92 Å². The summed E-state index contributed by atoms with van der Waals surface area (Å²) < 4.78 is 12.2. The zero-order valence-electron chi connectivity index (χ0n) is 9.61. The van der Waals surface area contributed by atoms with Gasteiger partial charge >= 0.3 is 0 Å². The maximum atomic E-state index is 11.6. The van der Waals surface area contributed by atoms with E-state index in [2.05, 4.69) is 20.8 Å². The fourth-order valence-corrected chi connectivity index (χ4v) is 3.36. The van der Waals surface area contributed by atoms with Crippen LogP contribution in [0.3, 0.4) is 0 Å². The van der Waals surface area contributed by atoms with Gasteiger partial charge in [0.2, 0.25) is 0 Å². The summed E-state index contributed by atoms with van der Waals surface area (Å²) in [4.78, 5) is 13.8. The molecule has 3 nitrogen and oxygen atoms in total. The minimum absolute atomic E-state index is 0.0630. The summed E-state index contributed by atoms with van der Waals surface area (Å²) in [5, 5.41) is 0. The Kier molecular flexibility index (Phi) is 3.99. The molecule has 17 heavy (non-hydrogen) atoms. The van der Waals surface area contributed by atoms with Crippen LogP contribution in [0.15, 0.2) is 22.7 Å². The van der Waals surface area contributed by atoms with Crippen molar-refractivity contribution in [3.63, 3.8) is 0 Å². The van der Waals surface area contributed by atoms with Crippen LogP contribution in [-0.2, 0) is 10.8 Å². The molecule has 92 valence electrons. The summed E-state index contributed by atoms with van der Waals surface area (Å²) in [5.41, 5.74) is 1.68. The average Bonchev–Trinajstić information content (AvgIpc) is 2.30. The highest BCUT2D eigenvalue weighted by atomic mass is 79.9. The summed E-state index contributed by atoms with van der Waals surface area (Å²) in [7, 11) is -0.692. The number of hydrogen-bond donors (Lipinski definition) is 0. The first-order valence-electron chi connectivity index (χ1n) is 5.48. The molecular weight excluding hydrogens is 302 g/mol. The molecule has 0 aliphatic carbocycles. The molecule has 1 aliphatic rings. The predicted molar refractivity (Wildman–Crippen MR) is 74.2 cm³/mol. The van der Waals surface area contributed by atoms with Crippen LogP contribution in [-0.4, -0.2) is 34.6 Å². The molecule has 0 radical (unpaired) electrons. The van der Waals surface area contributed by atoms with Crippen molar-refractivity contribution in [1.29, 1.82) is 0 Å². The smallest absolute Gasteiger partial charge is 0.161 e. The Morgan fingerprint density at radius 3 is 2.59 bits per heavy atom. The molecule has 1 aromatic carbocycles. The van der Waals surface area contributed by atoms with Crippen LogP contribution in [0.2, 0.25) is 0 Å². The molecule has 0 aromatic heterocycles. The quantitative estimate of drug-likeness (QED) is 0.785. The zero-order chi connectivity index (χ0) is 12.4. The van der Waals surface area contributed by atoms with Crippen molar-refractivity contribution in [1.82, 2.24) is 0 Å². The van der Waals surface area contributed by atoms with Gasteiger partial charge in [0.1, 0.15) is 0 Å². The van der Waals surface area contributed by atoms with E-state index in [1.165, 1.54) is 0 Å². The number of ketones is 1. The third-order valence-electron chi connectivity index (χ3n) is 2.86. The second kappa shape index (κ2) is 5.31. The topological polar surface area (TPSA) is 37.4 Å². The molecule has 0 saturated carbocycles. The number of nitrogens with zero attached hydrogens (tertiary/aromatic N) is 1. The van der Waals surface area contributed by atoms with Crippen LogP contribution in [0.4, 0.5) is 5.69 Å². The van der Waals surface area contributed by atoms with E-state index in [0.717, 1.165) is 28.8 Å². The lowest BCUT2D eigenvalue weighted by molar-refractivity contribution is 0.101. The van der Waals surface area contributed by atoms with E-state index < -0.39 is 10.8 Å². The molecule has 0 amide bonds. The van der Waals surface area contributed by atoms with Gasteiger partial charge in [-0.15, -0.1) is 0 Å². The summed E-state index contributed by atoms with van der Waals surface area (Å²) >= 11 is 3.38. The van der Waals surface area contributed by atoms with Crippen molar-refractivity contribution in [2.45, 2.75) is 6.92 Å². The SMILES string of the molecule is CC(=O)c1cc(Br)ccc1N1CCS(=O)CC1. The van der Waals surface area contributed by atoms with Crippen LogP contribution < -0.4 is 4.90 Å². The second-order valence-electron chi connectivity index (χ2n) is 4.05. The van der Waals surface area contributed by atoms with Gasteiger partial charge in [-0.25, -0.2) is 0 Å². The average molecular weight is 316 g/mol. The van der Waals surface area contributed by atoms with E-state index in [0.29, 0.717) is 11.5 Å². The van der Waals surface area contributed by atoms with E-state index in [9.17, 15) is 9.00 Å². The lowest BCUT2D eigenvalue weighted by Gasteiger charge is -2.29. The number of Topliss-reactive ketones (excluding diaryl/α,β-unsaturated/α-hetero) is 1. The van der Waals surface area contributed by atoms with Gasteiger partial charge in [-0.2, -0.15) is 0 Å². The molecule has 1 saturated heterocycles. The molecule has 0 N–H and O–H groups in total. The Balaban J connectivity index is 2.31. The molecule has 1 fully saturated rings. The first-order valence-corrected chi connectivity index (χ1v) is 7.76. The van der Waals surface area contributed by atoms with E-state index in [-0.39, 0.29) is 5.78 Å². The van der Waals surface area contributed by atoms with Gasteiger partial charge in [0, 0.05) is 51.1 Å². The minimum Gasteiger partial charge on any atom is -0.369 e. The summed E-state index contributed by atoms with van der Waals surface area (Å²) in [6.45, 7) is 3.09. The predicted octanol–water partition coefficient (Wildman–Crippen LogP) is 2.22. The van der Waals surface area contributed by atoms with Crippen LogP contribution in [0.5, 0.6) is 0 Å².